The van der Waals surface area contributed by atoms with E-state index in [1.54, 1.807) is 49.6 Å². The second-order valence-electron chi connectivity index (χ2n) is 4.98. The van der Waals surface area contributed by atoms with E-state index in [4.69, 9.17) is 4.74 Å². The van der Waals surface area contributed by atoms with Crippen molar-refractivity contribution in [2.24, 2.45) is 0 Å². The zero-order valence-electron chi connectivity index (χ0n) is 12.7. The van der Waals surface area contributed by atoms with Crippen molar-refractivity contribution in [1.82, 2.24) is 14.6 Å². The van der Waals surface area contributed by atoms with Crippen LogP contribution < -0.4 is 5.32 Å². The summed E-state index contributed by atoms with van der Waals surface area (Å²) in [5.74, 6) is -1.06. The maximum absolute atomic E-state index is 12.2. The Morgan fingerprint density at radius 1 is 1.29 bits per heavy atom. The molecule has 0 spiro atoms. The van der Waals surface area contributed by atoms with Gasteiger partial charge in [-0.15, -0.1) is 0 Å². The molecule has 0 bridgehead atoms. The number of halogens is 1. The number of rotatable bonds is 4. The lowest BCUT2D eigenvalue weighted by Gasteiger charge is -2.06. The molecule has 2 aromatic heterocycles. The molecular formula is C16H13BrN4O3. The van der Waals surface area contributed by atoms with Gasteiger partial charge in [-0.2, -0.15) is 5.10 Å². The molecule has 0 aliphatic heterocycles. The van der Waals surface area contributed by atoms with Crippen LogP contribution in [0.25, 0.3) is 5.65 Å². The molecule has 0 aliphatic rings. The summed E-state index contributed by atoms with van der Waals surface area (Å²) >= 11 is 3.31. The van der Waals surface area contributed by atoms with Gasteiger partial charge in [-0.1, -0.05) is 15.9 Å². The van der Waals surface area contributed by atoms with Crippen LogP contribution in [0.1, 0.15) is 16.1 Å². The average Bonchev–Trinajstić information content (AvgIpc) is 2.90. The van der Waals surface area contributed by atoms with Crippen molar-refractivity contribution in [3.05, 3.63) is 58.5 Å². The summed E-state index contributed by atoms with van der Waals surface area (Å²) in [7, 11) is 0. The lowest BCUT2D eigenvalue weighted by Crippen LogP contribution is -2.21. The van der Waals surface area contributed by atoms with Crippen LogP contribution in [0, 0.1) is 6.92 Å². The fourth-order valence-electron chi connectivity index (χ4n) is 2.17. The molecule has 122 valence electrons. The normalized spacial score (nSPS) is 10.6. The number of carbonyl (C=O) groups is 2. The first kappa shape index (κ1) is 16.1. The highest BCUT2D eigenvalue weighted by molar-refractivity contribution is 9.10. The number of ether oxygens (including phenoxy) is 1. The highest BCUT2D eigenvalue weighted by Gasteiger charge is 2.20. The third-order valence-corrected chi connectivity index (χ3v) is 3.77. The van der Waals surface area contributed by atoms with Crippen molar-refractivity contribution in [1.29, 1.82) is 0 Å². The number of hydrogen-bond acceptors (Lipinski definition) is 5. The molecule has 0 saturated heterocycles. The molecular weight excluding hydrogens is 376 g/mol. The van der Waals surface area contributed by atoms with Gasteiger partial charge in [-0.25, -0.2) is 14.3 Å². The molecule has 0 unspecified atom stereocenters. The van der Waals surface area contributed by atoms with E-state index in [-0.39, 0.29) is 5.56 Å². The first-order chi connectivity index (χ1) is 11.5. The van der Waals surface area contributed by atoms with Crippen molar-refractivity contribution in [2.45, 2.75) is 6.92 Å². The van der Waals surface area contributed by atoms with E-state index in [2.05, 4.69) is 31.3 Å². The van der Waals surface area contributed by atoms with Crippen LogP contribution in [0.5, 0.6) is 0 Å². The van der Waals surface area contributed by atoms with Gasteiger partial charge in [-0.05, 0) is 37.3 Å². The van der Waals surface area contributed by atoms with E-state index in [1.165, 1.54) is 4.52 Å². The Hall–Kier alpha value is -2.74. The first-order valence-electron chi connectivity index (χ1n) is 7.07. The number of aryl methyl sites for hydroxylation is 1. The summed E-state index contributed by atoms with van der Waals surface area (Å²) in [6.07, 6.45) is 3.25. The van der Waals surface area contributed by atoms with Crippen molar-refractivity contribution < 1.29 is 14.3 Å². The smallest absolute Gasteiger partial charge is 0.344 e. The predicted octanol–water partition coefficient (Wildman–Crippen LogP) is 2.60. The molecule has 24 heavy (non-hydrogen) atoms. The largest absolute Gasteiger partial charge is 0.452 e. The summed E-state index contributed by atoms with van der Waals surface area (Å²) in [5.41, 5.74) is 1.76. The number of hydrogen-bond donors (Lipinski definition) is 1. The molecule has 3 rings (SSSR count). The molecule has 1 N–H and O–H groups in total. The SMILES string of the molecule is Cc1nn2cccnc2c1C(=O)OCC(=O)Nc1ccc(Br)cc1. The molecule has 1 amide bonds. The van der Waals surface area contributed by atoms with Gasteiger partial charge in [0.15, 0.2) is 12.3 Å². The van der Waals surface area contributed by atoms with Gasteiger partial charge in [0.25, 0.3) is 5.91 Å². The Kier molecular flexibility index (Phi) is 4.57. The molecule has 8 heteroatoms. The van der Waals surface area contributed by atoms with Crippen LogP contribution in [0.2, 0.25) is 0 Å². The first-order valence-corrected chi connectivity index (χ1v) is 7.86. The number of amides is 1. The van der Waals surface area contributed by atoms with Crippen LogP contribution >= 0.6 is 15.9 Å². The minimum absolute atomic E-state index is 0.257. The van der Waals surface area contributed by atoms with Gasteiger partial charge in [0.05, 0.1) is 5.69 Å². The van der Waals surface area contributed by atoms with Gasteiger partial charge >= 0.3 is 5.97 Å². The van der Waals surface area contributed by atoms with Crippen LogP contribution in [0.3, 0.4) is 0 Å². The van der Waals surface area contributed by atoms with Gasteiger partial charge in [0.1, 0.15) is 5.56 Å². The fourth-order valence-corrected chi connectivity index (χ4v) is 2.43. The molecule has 3 aromatic rings. The van der Waals surface area contributed by atoms with E-state index in [0.717, 1.165) is 4.47 Å². The Morgan fingerprint density at radius 2 is 2.04 bits per heavy atom. The van der Waals surface area contributed by atoms with Crippen molar-refractivity contribution in [2.75, 3.05) is 11.9 Å². The van der Waals surface area contributed by atoms with Gasteiger partial charge < -0.3 is 10.1 Å². The fraction of sp³-hybridized carbons (Fsp3) is 0.125. The third kappa shape index (κ3) is 3.43. The van der Waals surface area contributed by atoms with E-state index in [0.29, 0.717) is 17.0 Å². The second-order valence-corrected chi connectivity index (χ2v) is 5.90. The molecule has 0 atom stereocenters. The monoisotopic (exact) mass is 388 g/mol. The lowest BCUT2D eigenvalue weighted by atomic mass is 10.2. The second kappa shape index (κ2) is 6.79. The predicted molar refractivity (Wildman–Crippen MR) is 90.8 cm³/mol. The topological polar surface area (TPSA) is 85.6 Å². The van der Waals surface area contributed by atoms with Crippen molar-refractivity contribution in [3.8, 4) is 0 Å². The maximum atomic E-state index is 12.2. The molecule has 1 aromatic carbocycles. The zero-order valence-corrected chi connectivity index (χ0v) is 14.3. The molecule has 7 nitrogen and oxygen atoms in total. The van der Waals surface area contributed by atoms with Crippen molar-refractivity contribution in [3.63, 3.8) is 0 Å². The zero-order chi connectivity index (χ0) is 17.1. The Labute approximate surface area is 145 Å². The van der Waals surface area contributed by atoms with Crippen LogP contribution in [-0.2, 0) is 9.53 Å². The Balaban J connectivity index is 1.65. The Morgan fingerprint density at radius 3 is 2.79 bits per heavy atom. The number of nitrogens with zero attached hydrogens (tertiary/aromatic N) is 3. The van der Waals surface area contributed by atoms with Crippen LogP contribution in [0.4, 0.5) is 5.69 Å². The van der Waals surface area contributed by atoms with Crippen LogP contribution in [0.15, 0.2) is 47.2 Å². The van der Waals surface area contributed by atoms with Gasteiger partial charge in [-0.3, -0.25) is 4.79 Å². The quantitative estimate of drug-likeness (QED) is 0.694. The summed E-state index contributed by atoms with van der Waals surface area (Å²) in [6, 6.07) is 8.79. The molecule has 0 aliphatic carbocycles. The summed E-state index contributed by atoms with van der Waals surface area (Å²) < 4.78 is 7.48. The van der Waals surface area contributed by atoms with E-state index < -0.39 is 18.5 Å². The van der Waals surface area contributed by atoms with Gasteiger partial charge in [0.2, 0.25) is 0 Å². The lowest BCUT2D eigenvalue weighted by molar-refractivity contribution is -0.119. The Bertz CT molecular complexity index is 905. The number of anilines is 1. The third-order valence-electron chi connectivity index (χ3n) is 3.24. The number of benzene rings is 1. The van der Waals surface area contributed by atoms with E-state index >= 15 is 0 Å². The summed E-state index contributed by atoms with van der Waals surface area (Å²) in [4.78, 5) is 28.2. The van der Waals surface area contributed by atoms with E-state index in [9.17, 15) is 9.59 Å². The average molecular weight is 389 g/mol. The van der Waals surface area contributed by atoms with E-state index in [1.807, 2.05) is 0 Å². The summed E-state index contributed by atoms with van der Waals surface area (Å²) in [5, 5.41) is 6.83. The van der Waals surface area contributed by atoms with Gasteiger partial charge in [0, 0.05) is 22.6 Å². The minimum atomic E-state index is -0.632. The maximum Gasteiger partial charge on any atom is 0.344 e. The van der Waals surface area contributed by atoms with Crippen molar-refractivity contribution >= 4 is 39.1 Å². The number of carbonyl (C=O) groups excluding carboxylic acids is 2. The highest BCUT2D eigenvalue weighted by atomic mass is 79.9. The number of fused-ring (bicyclic) bond motifs is 1. The molecule has 0 radical (unpaired) electrons. The molecule has 2 heterocycles. The number of esters is 1. The number of aromatic nitrogens is 3. The molecule has 0 fully saturated rings. The summed E-state index contributed by atoms with van der Waals surface area (Å²) in [6.45, 7) is 1.30. The number of nitrogens with one attached hydrogen (secondary N) is 1. The standard InChI is InChI=1S/C16H13BrN4O3/c1-10-14(15-18-7-2-8-21(15)20-10)16(23)24-9-13(22)19-12-5-3-11(17)4-6-12/h2-8H,9H2,1H3,(H,19,22). The minimum Gasteiger partial charge on any atom is -0.452 e. The highest BCUT2D eigenvalue weighted by Crippen LogP contribution is 2.15. The van der Waals surface area contributed by atoms with Crippen LogP contribution in [-0.4, -0.2) is 33.1 Å². The molecule has 0 saturated carbocycles.